The van der Waals surface area contributed by atoms with Gasteiger partial charge in [0.05, 0.1) is 13.2 Å². The van der Waals surface area contributed by atoms with E-state index in [4.69, 9.17) is 14.9 Å². The van der Waals surface area contributed by atoms with Gasteiger partial charge in [-0.25, -0.2) is 0 Å². The van der Waals surface area contributed by atoms with E-state index in [2.05, 4.69) is 6.58 Å². The van der Waals surface area contributed by atoms with Gasteiger partial charge in [0.1, 0.15) is 13.5 Å². The molecular formula is C7H13NO4. The van der Waals surface area contributed by atoms with E-state index in [1.807, 2.05) is 0 Å². The molecule has 0 unspecified atom stereocenters. The van der Waals surface area contributed by atoms with Crippen LogP contribution in [0.2, 0.25) is 0 Å². The zero-order valence-corrected chi connectivity index (χ0v) is 6.77. The standard InChI is InChI=1S/C7H13NO4/c1-2-7(11)8(5-10)6-12-4-3-9/h2,9-10H,1,3-6H2. The Labute approximate surface area is 70.9 Å². The predicted octanol–water partition coefficient (Wildman–Crippen LogP) is -1.08. The van der Waals surface area contributed by atoms with Crippen LogP contribution >= 0.6 is 0 Å². The van der Waals surface area contributed by atoms with Crippen molar-refractivity contribution in [2.75, 3.05) is 26.7 Å². The van der Waals surface area contributed by atoms with Gasteiger partial charge in [-0.3, -0.25) is 9.69 Å². The fraction of sp³-hybridized carbons (Fsp3) is 0.571. The van der Waals surface area contributed by atoms with E-state index < -0.39 is 12.6 Å². The maximum Gasteiger partial charge on any atom is 0.249 e. The van der Waals surface area contributed by atoms with Crippen LogP contribution in [0.1, 0.15) is 0 Å². The minimum absolute atomic E-state index is 0.0398. The van der Waals surface area contributed by atoms with E-state index in [0.717, 1.165) is 11.0 Å². The summed E-state index contributed by atoms with van der Waals surface area (Å²) in [6.07, 6.45) is 1.08. The highest BCUT2D eigenvalue weighted by Crippen LogP contribution is 1.89. The largest absolute Gasteiger partial charge is 0.394 e. The summed E-state index contributed by atoms with van der Waals surface area (Å²) < 4.78 is 4.81. The molecule has 0 fully saturated rings. The normalized spacial score (nSPS) is 9.50. The highest BCUT2D eigenvalue weighted by atomic mass is 16.5. The number of carbonyl (C=O) groups excluding carboxylic acids is 1. The molecule has 0 aliphatic rings. The molecule has 2 N–H and O–H groups in total. The Hall–Kier alpha value is -0.910. The Morgan fingerprint density at radius 1 is 1.58 bits per heavy atom. The Morgan fingerprint density at radius 3 is 2.67 bits per heavy atom. The molecule has 0 atom stereocenters. The number of hydrogen-bond donors (Lipinski definition) is 2. The zero-order valence-electron chi connectivity index (χ0n) is 6.77. The third kappa shape index (κ3) is 4.07. The molecular weight excluding hydrogens is 162 g/mol. The number of carbonyl (C=O) groups is 1. The zero-order chi connectivity index (χ0) is 9.40. The summed E-state index contributed by atoms with van der Waals surface area (Å²) in [6.45, 7) is 2.82. The van der Waals surface area contributed by atoms with Crippen molar-refractivity contribution in [2.24, 2.45) is 0 Å². The fourth-order valence-corrected chi connectivity index (χ4v) is 0.543. The van der Waals surface area contributed by atoms with Crippen molar-refractivity contribution in [3.8, 4) is 0 Å². The lowest BCUT2D eigenvalue weighted by Gasteiger charge is -2.17. The quantitative estimate of drug-likeness (QED) is 0.306. The first-order chi connectivity index (χ1) is 5.76. The van der Waals surface area contributed by atoms with Crippen LogP contribution in [-0.4, -0.2) is 47.7 Å². The van der Waals surface area contributed by atoms with Crippen LogP contribution in [0.25, 0.3) is 0 Å². The van der Waals surface area contributed by atoms with E-state index >= 15 is 0 Å². The number of hydrogen-bond acceptors (Lipinski definition) is 4. The molecule has 12 heavy (non-hydrogen) atoms. The van der Waals surface area contributed by atoms with Crippen molar-refractivity contribution in [3.63, 3.8) is 0 Å². The molecule has 1 amide bonds. The van der Waals surface area contributed by atoms with Gasteiger partial charge in [-0.15, -0.1) is 0 Å². The number of nitrogens with zero attached hydrogens (tertiary/aromatic N) is 1. The lowest BCUT2D eigenvalue weighted by atomic mass is 10.5. The summed E-state index contributed by atoms with van der Waals surface area (Å²) in [6, 6.07) is 0. The molecule has 5 heteroatoms. The van der Waals surface area contributed by atoms with Crippen molar-refractivity contribution >= 4 is 5.91 Å². The van der Waals surface area contributed by atoms with Gasteiger partial charge in [-0.1, -0.05) is 6.58 Å². The van der Waals surface area contributed by atoms with E-state index in [9.17, 15) is 4.79 Å². The lowest BCUT2D eigenvalue weighted by Crippen LogP contribution is -2.32. The molecule has 0 heterocycles. The summed E-state index contributed by atoms with van der Waals surface area (Å²) in [5.41, 5.74) is 0. The van der Waals surface area contributed by atoms with Gasteiger partial charge in [0.2, 0.25) is 5.91 Å². The minimum Gasteiger partial charge on any atom is -0.394 e. The van der Waals surface area contributed by atoms with Crippen LogP contribution < -0.4 is 0 Å². The molecule has 0 aliphatic carbocycles. The Morgan fingerprint density at radius 2 is 2.25 bits per heavy atom. The molecule has 5 nitrogen and oxygen atoms in total. The first-order valence-corrected chi connectivity index (χ1v) is 3.47. The Balaban J connectivity index is 3.67. The molecule has 0 radical (unpaired) electrons. The van der Waals surface area contributed by atoms with E-state index in [-0.39, 0.29) is 19.9 Å². The maximum atomic E-state index is 10.8. The van der Waals surface area contributed by atoms with Crippen LogP contribution in [0.5, 0.6) is 0 Å². The van der Waals surface area contributed by atoms with E-state index in [0.29, 0.717) is 0 Å². The average molecular weight is 175 g/mol. The van der Waals surface area contributed by atoms with Crippen LogP contribution in [0.15, 0.2) is 12.7 Å². The first-order valence-electron chi connectivity index (χ1n) is 3.47. The third-order valence-electron chi connectivity index (χ3n) is 1.14. The molecule has 0 rings (SSSR count). The third-order valence-corrected chi connectivity index (χ3v) is 1.14. The van der Waals surface area contributed by atoms with Gasteiger partial charge >= 0.3 is 0 Å². The molecule has 0 aliphatic heterocycles. The van der Waals surface area contributed by atoms with Crippen LogP contribution in [-0.2, 0) is 9.53 Å². The first kappa shape index (κ1) is 11.1. The van der Waals surface area contributed by atoms with Gasteiger partial charge in [0.15, 0.2) is 0 Å². The van der Waals surface area contributed by atoms with Crippen LogP contribution in [0, 0.1) is 0 Å². The number of rotatable bonds is 6. The van der Waals surface area contributed by atoms with Gasteiger partial charge < -0.3 is 14.9 Å². The maximum absolute atomic E-state index is 10.8. The minimum atomic E-state index is -0.420. The SMILES string of the molecule is C=CC(=O)N(CO)COCCO. The van der Waals surface area contributed by atoms with E-state index in [1.54, 1.807) is 0 Å². The fourth-order valence-electron chi connectivity index (χ4n) is 0.543. The van der Waals surface area contributed by atoms with Crippen molar-refractivity contribution < 1.29 is 19.7 Å². The molecule has 0 saturated heterocycles. The second-order valence-corrected chi connectivity index (χ2v) is 1.98. The highest BCUT2D eigenvalue weighted by Gasteiger charge is 2.07. The summed E-state index contributed by atoms with van der Waals surface area (Å²) in [7, 11) is 0. The summed E-state index contributed by atoms with van der Waals surface area (Å²) >= 11 is 0. The monoisotopic (exact) mass is 175 g/mol. The smallest absolute Gasteiger partial charge is 0.249 e. The number of amides is 1. The topological polar surface area (TPSA) is 70.0 Å². The number of aliphatic hydroxyl groups excluding tert-OH is 2. The molecule has 0 saturated carbocycles. The van der Waals surface area contributed by atoms with Crippen LogP contribution in [0.4, 0.5) is 0 Å². The van der Waals surface area contributed by atoms with E-state index in [1.165, 1.54) is 0 Å². The van der Waals surface area contributed by atoms with Crippen molar-refractivity contribution in [3.05, 3.63) is 12.7 Å². The highest BCUT2D eigenvalue weighted by molar-refractivity contribution is 5.86. The summed E-state index contributed by atoms with van der Waals surface area (Å²) in [5, 5.41) is 17.0. The number of ether oxygens (including phenoxy) is 1. The van der Waals surface area contributed by atoms with Crippen molar-refractivity contribution in [1.82, 2.24) is 4.90 Å². The van der Waals surface area contributed by atoms with Crippen molar-refractivity contribution in [1.29, 1.82) is 0 Å². The lowest BCUT2D eigenvalue weighted by molar-refractivity contribution is -0.137. The molecule has 0 aromatic carbocycles. The van der Waals surface area contributed by atoms with Crippen LogP contribution in [0.3, 0.4) is 0 Å². The molecule has 70 valence electrons. The molecule has 0 aromatic heterocycles. The Kier molecular flexibility index (Phi) is 6.26. The predicted molar refractivity (Wildman–Crippen MR) is 42.0 cm³/mol. The molecule has 0 bridgehead atoms. The van der Waals surface area contributed by atoms with Crippen molar-refractivity contribution in [2.45, 2.75) is 0 Å². The molecule has 0 aromatic rings. The summed E-state index contributed by atoms with van der Waals surface area (Å²) in [5.74, 6) is -0.407. The van der Waals surface area contributed by atoms with Gasteiger partial charge in [0, 0.05) is 0 Å². The summed E-state index contributed by atoms with van der Waals surface area (Å²) in [4.78, 5) is 11.9. The van der Waals surface area contributed by atoms with Gasteiger partial charge in [-0.2, -0.15) is 0 Å². The Bertz CT molecular complexity index is 148. The second kappa shape index (κ2) is 6.78. The average Bonchev–Trinajstić information content (AvgIpc) is 2.11. The second-order valence-electron chi connectivity index (χ2n) is 1.98. The number of aliphatic hydroxyl groups is 2. The molecule has 0 spiro atoms. The van der Waals surface area contributed by atoms with Gasteiger partial charge in [-0.05, 0) is 6.08 Å². The van der Waals surface area contributed by atoms with Gasteiger partial charge in [0.25, 0.3) is 0 Å².